The standard InChI is InChI=1S/C24H27FN4O4/c1-14-11-17-20(26-23(28(4)21(17)30)29-7-9-33-10-8-29)18(12-14)24(2,3)27-19-6-5-15(25)13-16(19)22(31)32/h5-6,11-13,27H,7-10H2,1-4H3,(H,31,32). The lowest BCUT2D eigenvalue weighted by molar-refractivity contribution is 0.0697. The first-order chi connectivity index (χ1) is 15.6. The van der Waals surface area contributed by atoms with Crippen molar-refractivity contribution in [3.8, 4) is 0 Å². The van der Waals surface area contributed by atoms with E-state index in [1.165, 1.54) is 12.1 Å². The first-order valence-corrected chi connectivity index (χ1v) is 10.7. The van der Waals surface area contributed by atoms with E-state index in [0.29, 0.717) is 43.2 Å². The number of fused-ring (bicyclic) bond motifs is 1. The highest BCUT2D eigenvalue weighted by Gasteiger charge is 2.28. The number of benzene rings is 2. The third-order valence-corrected chi connectivity index (χ3v) is 5.93. The van der Waals surface area contributed by atoms with Gasteiger partial charge in [-0.3, -0.25) is 9.36 Å². The third kappa shape index (κ3) is 4.28. The first-order valence-electron chi connectivity index (χ1n) is 10.7. The van der Waals surface area contributed by atoms with Gasteiger partial charge in [0.15, 0.2) is 0 Å². The zero-order valence-electron chi connectivity index (χ0n) is 19.1. The molecule has 4 rings (SSSR count). The highest BCUT2D eigenvalue weighted by atomic mass is 19.1. The number of halogens is 1. The fourth-order valence-corrected chi connectivity index (χ4v) is 4.24. The second-order valence-electron chi connectivity index (χ2n) is 8.83. The minimum Gasteiger partial charge on any atom is -0.478 e. The SMILES string of the molecule is Cc1cc(C(C)(C)Nc2ccc(F)cc2C(=O)O)c2nc(N3CCOCC3)n(C)c(=O)c2c1. The van der Waals surface area contributed by atoms with Crippen molar-refractivity contribution in [2.45, 2.75) is 26.3 Å². The highest BCUT2D eigenvalue weighted by molar-refractivity contribution is 5.94. The largest absolute Gasteiger partial charge is 0.478 e. The number of aryl methyl sites for hydroxylation is 1. The summed E-state index contributed by atoms with van der Waals surface area (Å²) in [5, 5.41) is 13.3. The van der Waals surface area contributed by atoms with Gasteiger partial charge in [0.2, 0.25) is 5.95 Å². The van der Waals surface area contributed by atoms with Crippen LogP contribution >= 0.6 is 0 Å². The van der Waals surface area contributed by atoms with Crippen molar-refractivity contribution in [1.29, 1.82) is 0 Å². The maximum Gasteiger partial charge on any atom is 0.337 e. The molecule has 0 aliphatic carbocycles. The molecular weight excluding hydrogens is 427 g/mol. The van der Waals surface area contributed by atoms with Crippen LogP contribution in [0.15, 0.2) is 35.1 Å². The number of hydrogen-bond acceptors (Lipinski definition) is 6. The Morgan fingerprint density at radius 1 is 1.21 bits per heavy atom. The Balaban J connectivity index is 1.88. The highest BCUT2D eigenvalue weighted by Crippen LogP contribution is 2.33. The average molecular weight is 455 g/mol. The second kappa shape index (κ2) is 8.47. The van der Waals surface area contributed by atoms with Crippen LogP contribution < -0.4 is 15.8 Å². The van der Waals surface area contributed by atoms with Gasteiger partial charge in [0, 0.05) is 31.4 Å². The number of aromatic nitrogens is 2. The van der Waals surface area contributed by atoms with Crippen LogP contribution in [0.1, 0.15) is 35.3 Å². The van der Waals surface area contributed by atoms with Crippen LogP contribution in [-0.2, 0) is 17.3 Å². The van der Waals surface area contributed by atoms with Gasteiger partial charge in [-0.25, -0.2) is 14.2 Å². The Morgan fingerprint density at radius 3 is 2.58 bits per heavy atom. The molecular formula is C24H27FN4O4. The van der Waals surface area contributed by atoms with Gasteiger partial charge in [-0.15, -0.1) is 0 Å². The molecule has 1 aliphatic rings. The fourth-order valence-electron chi connectivity index (χ4n) is 4.24. The van der Waals surface area contributed by atoms with Crippen molar-refractivity contribution in [3.63, 3.8) is 0 Å². The van der Waals surface area contributed by atoms with E-state index >= 15 is 0 Å². The lowest BCUT2D eigenvalue weighted by Crippen LogP contribution is -2.40. The Hall–Kier alpha value is -3.46. The molecule has 9 heteroatoms. The van der Waals surface area contributed by atoms with Crippen LogP contribution in [0.25, 0.3) is 10.9 Å². The van der Waals surface area contributed by atoms with Gasteiger partial charge in [0.25, 0.3) is 5.56 Å². The van der Waals surface area contributed by atoms with Crippen LogP contribution in [-0.4, -0.2) is 46.9 Å². The van der Waals surface area contributed by atoms with E-state index in [0.717, 1.165) is 17.2 Å². The summed E-state index contributed by atoms with van der Waals surface area (Å²) in [5.41, 5.74) is 1.29. The summed E-state index contributed by atoms with van der Waals surface area (Å²) in [4.78, 5) is 31.9. The average Bonchev–Trinajstić information content (AvgIpc) is 2.77. The molecule has 3 aromatic rings. The van der Waals surface area contributed by atoms with Crippen LogP contribution in [0.2, 0.25) is 0 Å². The molecule has 8 nitrogen and oxygen atoms in total. The van der Waals surface area contributed by atoms with Crippen LogP contribution in [0.3, 0.4) is 0 Å². The van der Waals surface area contributed by atoms with Crippen LogP contribution in [0, 0.1) is 12.7 Å². The van der Waals surface area contributed by atoms with Gasteiger partial charge < -0.3 is 20.1 Å². The van der Waals surface area contributed by atoms with Crippen molar-refractivity contribution in [2.75, 3.05) is 36.5 Å². The van der Waals surface area contributed by atoms with E-state index in [9.17, 15) is 19.1 Å². The van der Waals surface area contributed by atoms with Crippen molar-refractivity contribution < 1.29 is 19.0 Å². The van der Waals surface area contributed by atoms with Gasteiger partial charge >= 0.3 is 5.97 Å². The van der Waals surface area contributed by atoms with Crippen LogP contribution in [0.5, 0.6) is 0 Å². The van der Waals surface area contributed by atoms with Crippen molar-refractivity contribution in [3.05, 3.63) is 63.2 Å². The summed E-state index contributed by atoms with van der Waals surface area (Å²) in [6.45, 7) is 8.04. The zero-order chi connectivity index (χ0) is 23.9. The van der Waals surface area contributed by atoms with E-state index in [2.05, 4.69) is 5.32 Å². The first kappa shape index (κ1) is 22.7. The van der Waals surface area contributed by atoms with Crippen molar-refractivity contribution in [1.82, 2.24) is 9.55 Å². The third-order valence-electron chi connectivity index (χ3n) is 5.93. The number of hydrogen-bond donors (Lipinski definition) is 2. The van der Waals surface area contributed by atoms with Gasteiger partial charge in [0.1, 0.15) is 5.82 Å². The number of morpholine rings is 1. The molecule has 1 aliphatic heterocycles. The van der Waals surface area contributed by atoms with E-state index in [1.807, 2.05) is 37.8 Å². The summed E-state index contributed by atoms with van der Waals surface area (Å²) >= 11 is 0. The van der Waals surface area contributed by atoms with E-state index in [-0.39, 0.29) is 16.8 Å². The van der Waals surface area contributed by atoms with E-state index < -0.39 is 17.3 Å². The number of nitrogens with zero attached hydrogens (tertiary/aromatic N) is 3. The number of aromatic carboxylic acids is 1. The Kier molecular flexibility index (Phi) is 5.84. The maximum absolute atomic E-state index is 13.7. The molecule has 1 fully saturated rings. The molecule has 1 saturated heterocycles. The minimum atomic E-state index is -1.23. The summed E-state index contributed by atoms with van der Waals surface area (Å²) in [7, 11) is 1.71. The number of carboxylic acid groups (broad SMARTS) is 1. The molecule has 2 aromatic carbocycles. The quantitative estimate of drug-likeness (QED) is 0.611. The summed E-state index contributed by atoms with van der Waals surface area (Å²) in [6, 6.07) is 7.36. The molecule has 2 heterocycles. The molecule has 0 atom stereocenters. The topological polar surface area (TPSA) is 96.7 Å². The molecule has 174 valence electrons. The number of ether oxygens (including phenoxy) is 1. The predicted octanol–water partition coefficient (Wildman–Crippen LogP) is 3.26. The minimum absolute atomic E-state index is 0.157. The molecule has 0 radical (unpaired) electrons. The summed E-state index contributed by atoms with van der Waals surface area (Å²) < 4.78 is 20.7. The Bertz CT molecular complexity index is 1300. The number of rotatable bonds is 5. The molecule has 1 aromatic heterocycles. The summed E-state index contributed by atoms with van der Waals surface area (Å²) in [6.07, 6.45) is 0. The van der Waals surface area contributed by atoms with Gasteiger partial charge in [-0.1, -0.05) is 6.07 Å². The molecule has 0 amide bonds. The molecule has 2 N–H and O–H groups in total. The molecule has 0 spiro atoms. The number of carbonyl (C=O) groups is 1. The predicted molar refractivity (Wildman–Crippen MR) is 125 cm³/mol. The molecule has 0 unspecified atom stereocenters. The van der Waals surface area contributed by atoms with Crippen molar-refractivity contribution >= 4 is 28.5 Å². The maximum atomic E-state index is 13.7. The van der Waals surface area contributed by atoms with Crippen LogP contribution in [0.4, 0.5) is 16.0 Å². The van der Waals surface area contributed by atoms with Crippen molar-refractivity contribution in [2.24, 2.45) is 7.05 Å². The molecule has 0 saturated carbocycles. The lowest BCUT2D eigenvalue weighted by Gasteiger charge is -2.32. The van der Waals surface area contributed by atoms with Gasteiger partial charge in [-0.05, 0) is 50.6 Å². The number of anilines is 2. The smallest absolute Gasteiger partial charge is 0.337 e. The summed E-state index contributed by atoms with van der Waals surface area (Å²) in [5.74, 6) is -1.30. The van der Waals surface area contributed by atoms with Gasteiger partial charge in [-0.2, -0.15) is 0 Å². The number of nitrogens with one attached hydrogen (secondary N) is 1. The second-order valence-corrected chi connectivity index (χ2v) is 8.83. The molecule has 33 heavy (non-hydrogen) atoms. The number of carboxylic acids is 1. The van der Waals surface area contributed by atoms with E-state index in [4.69, 9.17) is 9.72 Å². The van der Waals surface area contributed by atoms with E-state index in [1.54, 1.807) is 11.6 Å². The Morgan fingerprint density at radius 2 is 1.91 bits per heavy atom. The molecule has 0 bridgehead atoms. The Labute approximate surface area is 190 Å². The normalized spacial score (nSPS) is 14.5. The zero-order valence-corrected chi connectivity index (χ0v) is 19.1. The fraction of sp³-hybridized carbons (Fsp3) is 0.375. The lowest BCUT2D eigenvalue weighted by atomic mass is 9.90. The monoisotopic (exact) mass is 454 g/mol. The van der Waals surface area contributed by atoms with Gasteiger partial charge in [0.05, 0.1) is 35.2 Å².